The van der Waals surface area contributed by atoms with Gasteiger partial charge in [0, 0.05) is 11.9 Å². The molecule has 0 unspecified atom stereocenters. The smallest absolute Gasteiger partial charge is 0.336 e. The van der Waals surface area contributed by atoms with Gasteiger partial charge in [0.25, 0.3) is 0 Å². The molecule has 0 amide bonds. The van der Waals surface area contributed by atoms with E-state index in [1.54, 1.807) is 0 Å². The van der Waals surface area contributed by atoms with Crippen LogP contribution in [0.1, 0.15) is 36.0 Å². The SMILES string of the molecule is O=C(O)c1csc(S(=O)(=O)NCCOC2CCCC2)c1. The van der Waals surface area contributed by atoms with Gasteiger partial charge in [0.15, 0.2) is 0 Å². The van der Waals surface area contributed by atoms with E-state index >= 15 is 0 Å². The summed E-state index contributed by atoms with van der Waals surface area (Å²) in [4.78, 5) is 10.7. The van der Waals surface area contributed by atoms with Crippen molar-refractivity contribution in [2.24, 2.45) is 0 Å². The molecule has 1 heterocycles. The molecule has 0 aromatic carbocycles. The molecule has 0 aliphatic heterocycles. The van der Waals surface area contributed by atoms with Crippen molar-refractivity contribution < 1.29 is 23.1 Å². The van der Waals surface area contributed by atoms with E-state index in [1.807, 2.05) is 0 Å². The van der Waals surface area contributed by atoms with Crippen LogP contribution in [-0.4, -0.2) is 38.7 Å². The van der Waals surface area contributed by atoms with Gasteiger partial charge in [0.2, 0.25) is 10.0 Å². The second kappa shape index (κ2) is 6.66. The molecule has 20 heavy (non-hydrogen) atoms. The fourth-order valence-electron chi connectivity index (χ4n) is 2.10. The van der Waals surface area contributed by atoms with Crippen LogP contribution in [0.3, 0.4) is 0 Å². The number of rotatable bonds is 7. The fourth-order valence-corrected chi connectivity index (χ4v) is 4.31. The van der Waals surface area contributed by atoms with Crippen LogP contribution in [0.15, 0.2) is 15.7 Å². The van der Waals surface area contributed by atoms with Gasteiger partial charge in [-0.2, -0.15) is 0 Å². The zero-order valence-corrected chi connectivity index (χ0v) is 12.5. The Morgan fingerprint density at radius 3 is 2.75 bits per heavy atom. The van der Waals surface area contributed by atoms with Crippen molar-refractivity contribution in [1.82, 2.24) is 4.72 Å². The van der Waals surface area contributed by atoms with E-state index in [1.165, 1.54) is 18.2 Å². The molecule has 112 valence electrons. The molecule has 0 saturated heterocycles. The predicted octanol–water partition coefficient (Wildman–Crippen LogP) is 1.68. The molecular weight excluding hydrogens is 302 g/mol. The van der Waals surface area contributed by atoms with E-state index in [-0.39, 0.29) is 22.4 Å². The van der Waals surface area contributed by atoms with Crippen LogP contribution < -0.4 is 4.72 Å². The first-order valence-corrected chi connectivity index (χ1v) is 8.78. The standard InChI is InChI=1S/C12H17NO5S2/c14-12(15)9-7-11(19-8-9)20(16,17)13-5-6-18-10-3-1-2-4-10/h7-8,10,13H,1-6H2,(H,14,15). The minimum absolute atomic E-state index is 0.00997. The number of hydrogen-bond acceptors (Lipinski definition) is 5. The summed E-state index contributed by atoms with van der Waals surface area (Å²) in [6.07, 6.45) is 4.67. The first-order chi connectivity index (χ1) is 9.49. The summed E-state index contributed by atoms with van der Waals surface area (Å²) >= 11 is 0.896. The molecule has 0 bridgehead atoms. The van der Waals surface area contributed by atoms with Crippen LogP contribution in [-0.2, 0) is 14.8 Å². The molecule has 1 aromatic heterocycles. The summed E-state index contributed by atoms with van der Waals surface area (Å²) in [5, 5.41) is 10.1. The second-order valence-electron chi connectivity index (χ2n) is 4.63. The van der Waals surface area contributed by atoms with Crippen molar-refractivity contribution in [3.63, 3.8) is 0 Å². The fraction of sp³-hybridized carbons (Fsp3) is 0.583. The van der Waals surface area contributed by atoms with Crippen molar-refractivity contribution in [2.45, 2.75) is 36.0 Å². The number of carboxylic acids is 1. The third kappa shape index (κ3) is 4.02. The highest BCUT2D eigenvalue weighted by molar-refractivity contribution is 7.91. The van der Waals surface area contributed by atoms with Crippen molar-refractivity contribution in [3.05, 3.63) is 17.0 Å². The molecule has 0 radical (unpaired) electrons. The van der Waals surface area contributed by atoms with Crippen LogP contribution in [0.2, 0.25) is 0 Å². The van der Waals surface area contributed by atoms with Crippen molar-refractivity contribution in [1.29, 1.82) is 0 Å². The number of carbonyl (C=O) groups is 1. The van der Waals surface area contributed by atoms with E-state index in [0.717, 1.165) is 30.2 Å². The van der Waals surface area contributed by atoms with Crippen LogP contribution in [0.4, 0.5) is 0 Å². The molecule has 1 fully saturated rings. The van der Waals surface area contributed by atoms with Gasteiger partial charge in [-0.1, -0.05) is 12.8 Å². The van der Waals surface area contributed by atoms with Crippen molar-refractivity contribution >= 4 is 27.3 Å². The Bertz CT molecular complexity index is 560. The summed E-state index contributed by atoms with van der Waals surface area (Å²) in [6, 6.07) is 1.16. The molecule has 1 aromatic rings. The number of carboxylic acid groups (broad SMARTS) is 1. The van der Waals surface area contributed by atoms with Crippen molar-refractivity contribution in [2.75, 3.05) is 13.2 Å². The molecule has 1 saturated carbocycles. The Kier molecular flexibility index (Phi) is 5.14. The van der Waals surface area contributed by atoms with E-state index < -0.39 is 16.0 Å². The lowest BCUT2D eigenvalue weighted by Crippen LogP contribution is -2.28. The van der Waals surface area contributed by atoms with E-state index in [0.29, 0.717) is 6.61 Å². The largest absolute Gasteiger partial charge is 0.478 e. The maximum absolute atomic E-state index is 11.9. The van der Waals surface area contributed by atoms with E-state index in [4.69, 9.17) is 9.84 Å². The second-order valence-corrected chi connectivity index (χ2v) is 7.54. The van der Waals surface area contributed by atoms with Crippen LogP contribution in [0, 0.1) is 0 Å². The van der Waals surface area contributed by atoms with Gasteiger partial charge in [0.05, 0.1) is 18.3 Å². The van der Waals surface area contributed by atoms with Gasteiger partial charge in [-0.25, -0.2) is 17.9 Å². The average Bonchev–Trinajstić information content (AvgIpc) is 3.05. The number of hydrogen-bond donors (Lipinski definition) is 2. The van der Waals surface area contributed by atoms with Gasteiger partial charge < -0.3 is 9.84 Å². The summed E-state index contributed by atoms with van der Waals surface area (Å²) in [6.45, 7) is 0.528. The topological polar surface area (TPSA) is 92.7 Å². The Morgan fingerprint density at radius 2 is 2.15 bits per heavy atom. The number of sulfonamides is 1. The molecule has 6 nitrogen and oxygen atoms in total. The average molecular weight is 319 g/mol. The first-order valence-electron chi connectivity index (χ1n) is 6.42. The molecule has 1 aliphatic rings. The van der Waals surface area contributed by atoms with Gasteiger partial charge in [-0.3, -0.25) is 0 Å². The number of ether oxygens (including phenoxy) is 1. The number of aromatic carboxylic acids is 1. The summed E-state index contributed by atoms with van der Waals surface area (Å²) in [5.74, 6) is -1.13. The quantitative estimate of drug-likeness (QED) is 0.746. The minimum Gasteiger partial charge on any atom is -0.478 e. The Labute approximate surface area is 121 Å². The van der Waals surface area contributed by atoms with Crippen molar-refractivity contribution in [3.8, 4) is 0 Å². The minimum atomic E-state index is -3.64. The maximum atomic E-state index is 11.9. The van der Waals surface area contributed by atoms with Crippen LogP contribution in [0.5, 0.6) is 0 Å². The van der Waals surface area contributed by atoms with Gasteiger partial charge in [-0.15, -0.1) is 11.3 Å². The molecular formula is C12H17NO5S2. The number of nitrogens with one attached hydrogen (secondary N) is 1. The molecule has 2 N–H and O–H groups in total. The lowest BCUT2D eigenvalue weighted by atomic mass is 10.3. The summed E-state index contributed by atoms with van der Waals surface area (Å²) < 4.78 is 31.8. The summed E-state index contributed by atoms with van der Waals surface area (Å²) in [7, 11) is -3.64. The third-order valence-corrected chi connectivity index (χ3v) is 6.04. The highest BCUT2D eigenvalue weighted by atomic mass is 32.2. The van der Waals surface area contributed by atoms with E-state index in [2.05, 4.69) is 4.72 Å². The Balaban J connectivity index is 1.82. The predicted molar refractivity (Wildman–Crippen MR) is 74.7 cm³/mol. The number of thiophene rings is 1. The third-order valence-electron chi connectivity index (χ3n) is 3.14. The van der Waals surface area contributed by atoms with Crippen LogP contribution >= 0.6 is 11.3 Å². The lowest BCUT2D eigenvalue weighted by Gasteiger charge is -2.11. The zero-order valence-electron chi connectivity index (χ0n) is 10.9. The molecule has 0 spiro atoms. The normalized spacial score (nSPS) is 16.6. The molecule has 1 aliphatic carbocycles. The first kappa shape index (κ1) is 15.4. The van der Waals surface area contributed by atoms with Gasteiger partial charge >= 0.3 is 5.97 Å². The van der Waals surface area contributed by atoms with E-state index in [9.17, 15) is 13.2 Å². The van der Waals surface area contributed by atoms with Gasteiger partial charge in [0.1, 0.15) is 4.21 Å². The monoisotopic (exact) mass is 319 g/mol. The highest BCUT2D eigenvalue weighted by Gasteiger charge is 2.19. The Morgan fingerprint density at radius 1 is 1.45 bits per heavy atom. The Hall–Kier alpha value is -0.960. The van der Waals surface area contributed by atoms with Gasteiger partial charge in [-0.05, 0) is 18.9 Å². The highest BCUT2D eigenvalue weighted by Crippen LogP contribution is 2.21. The maximum Gasteiger partial charge on any atom is 0.336 e. The molecule has 2 rings (SSSR count). The summed E-state index contributed by atoms with van der Waals surface area (Å²) in [5.41, 5.74) is -0.0161. The zero-order chi connectivity index (χ0) is 14.6. The molecule has 0 atom stereocenters. The lowest BCUT2D eigenvalue weighted by molar-refractivity contribution is 0.0626. The van der Waals surface area contributed by atoms with Crippen LogP contribution in [0.25, 0.3) is 0 Å². The molecule has 8 heteroatoms.